The molecule has 0 unspecified atom stereocenters. The Bertz CT molecular complexity index is 1170. The van der Waals surface area contributed by atoms with Crippen LogP contribution in [0.3, 0.4) is 0 Å². The largest absolute Gasteiger partial charge is 0.497 e. The predicted octanol–water partition coefficient (Wildman–Crippen LogP) is 4.54. The van der Waals surface area contributed by atoms with Crippen LogP contribution in [-0.4, -0.2) is 18.9 Å². The highest BCUT2D eigenvalue weighted by molar-refractivity contribution is 6.46. The van der Waals surface area contributed by atoms with E-state index in [9.17, 15) is 14.0 Å². The maximum atomic E-state index is 13.7. The first-order chi connectivity index (χ1) is 14.5. The topological polar surface area (TPSA) is 58.6 Å². The standard InChI is InChI=1S/C24H19FN2O3/c1-15-5-3-8-19(13-15)27-23(28)21(16-9-11-20(30-2)12-10-16)22(24(27)29)26-18-7-4-6-17(25)14-18/h3-14,26H,1-2H3. The summed E-state index contributed by atoms with van der Waals surface area (Å²) < 4.78 is 18.9. The van der Waals surface area contributed by atoms with Gasteiger partial charge in [-0.2, -0.15) is 0 Å². The second kappa shape index (κ2) is 7.83. The highest BCUT2D eigenvalue weighted by Gasteiger charge is 2.40. The molecule has 0 aliphatic carbocycles. The molecule has 2 amide bonds. The zero-order valence-electron chi connectivity index (χ0n) is 16.5. The minimum atomic E-state index is -0.499. The molecule has 3 aromatic carbocycles. The van der Waals surface area contributed by atoms with E-state index in [1.165, 1.54) is 18.2 Å². The van der Waals surface area contributed by atoms with Crippen LogP contribution in [0.2, 0.25) is 0 Å². The van der Waals surface area contributed by atoms with Crippen LogP contribution in [-0.2, 0) is 9.59 Å². The number of carbonyl (C=O) groups excluding carboxylic acids is 2. The second-order valence-corrected chi connectivity index (χ2v) is 6.90. The number of nitrogens with one attached hydrogen (secondary N) is 1. The van der Waals surface area contributed by atoms with Crippen molar-refractivity contribution in [2.24, 2.45) is 0 Å². The highest BCUT2D eigenvalue weighted by atomic mass is 19.1. The second-order valence-electron chi connectivity index (χ2n) is 6.90. The Morgan fingerprint density at radius 2 is 1.63 bits per heavy atom. The number of benzene rings is 3. The molecule has 1 aliphatic heterocycles. The Balaban J connectivity index is 1.82. The molecule has 0 atom stereocenters. The Morgan fingerprint density at radius 1 is 0.900 bits per heavy atom. The maximum Gasteiger partial charge on any atom is 0.282 e. The van der Waals surface area contributed by atoms with Crippen molar-refractivity contribution < 1.29 is 18.7 Å². The lowest BCUT2D eigenvalue weighted by Gasteiger charge is -2.16. The van der Waals surface area contributed by atoms with Gasteiger partial charge >= 0.3 is 0 Å². The quantitative estimate of drug-likeness (QED) is 0.637. The van der Waals surface area contributed by atoms with Gasteiger partial charge in [-0.3, -0.25) is 9.59 Å². The van der Waals surface area contributed by atoms with Gasteiger partial charge in [0.15, 0.2) is 0 Å². The number of methoxy groups -OCH3 is 1. The van der Waals surface area contributed by atoms with E-state index >= 15 is 0 Å². The predicted molar refractivity (Wildman–Crippen MR) is 114 cm³/mol. The third-order valence-corrected chi connectivity index (χ3v) is 4.82. The van der Waals surface area contributed by atoms with E-state index in [0.29, 0.717) is 22.7 Å². The molecule has 0 saturated heterocycles. The average molecular weight is 402 g/mol. The summed E-state index contributed by atoms with van der Waals surface area (Å²) in [6, 6.07) is 19.8. The van der Waals surface area contributed by atoms with Crippen molar-refractivity contribution in [3.63, 3.8) is 0 Å². The number of carbonyl (C=O) groups is 2. The number of amides is 2. The van der Waals surface area contributed by atoms with Crippen LogP contribution in [0.1, 0.15) is 11.1 Å². The summed E-state index contributed by atoms with van der Waals surface area (Å²) in [5.41, 5.74) is 2.65. The summed E-state index contributed by atoms with van der Waals surface area (Å²) in [7, 11) is 1.55. The van der Waals surface area contributed by atoms with Crippen molar-refractivity contribution in [3.05, 3.63) is 95.4 Å². The first kappa shape index (κ1) is 19.4. The molecule has 0 spiro atoms. The fourth-order valence-corrected chi connectivity index (χ4v) is 3.38. The molecular formula is C24H19FN2O3. The summed E-state index contributed by atoms with van der Waals surface area (Å²) in [6.07, 6.45) is 0. The van der Waals surface area contributed by atoms with Crippen LogP contribution in [0.4, 0.5) is 15.8 Å². The number of anilines is 2. The number of hydrogen-bond donors (Lipinski definition) is 1. The third-order valence-electron chi connectivity index (χ3n) is 4.82. The van der Waals surface area contributed by atoms with Crippen LogP contribution in [0.25, 0.3) is 5.57 Å². The molecule has 1 heterocycles. The zero-order chi connectivity index (χ0) is 21.3. The number of ether oxygens (including phenoxy) is 1. The van der Waals surface area contributed by atoms with Gasteiger partial charge in [-0.1, -0.05) is 30.3 Å². The Kier molecular flexibility index (Phi) is 5.06. The van der Waals surface area contributed by atoms with Gasteiger partial charge in [0.05, 0.1) is 18.4 Å². The molecular weight excluding hydrogens is 383 g/mol. The first-order valence-electron chi connectivity index (χ1n) is 9.34. The highest BCUT2D eigenvalue weighted by Crippen LogP contribution is 2.34. The molecule has 0 bridgehead atoms. The minimum absolute atomic E-state index is 0.0947. The Labute approximate surface area is 173 Å². The monoisotopic (exact) mass is 402 g/mol. The molecule has 5 nitrogen and oxygen atoms in total. The number of hydrogen-bond acceptors (Lipinski definition) is 4. The molecule has 30 heavy (non-hydrogen) atoms. The molecule has 0 aromatic heterocycles. The SMILES string of the molecule is COc1ccc(C2=C(Nc3cccc(F)c3)C(=O)N(c3cccc(C)c3)C2=O)cc1. The Morgan fingerprint density at radius 3 is 2.30 bits per heavy atom. The Hall–Kier alpha value is -3.93. The third kappa shape index (κ3) is 3.55. The van der Waals surface area contributed by atoms with E-state index < -0.39 is 17.6 Å². The lowest BCUT2D eigenvalue weighted by Crippen LogP contribution is -2.32. The molecule has 3 aromatic rings. The molecule has 0 radical (unpaired) electrons. The van der Waals surface area contributed by atoms with E-state index in [1.807, 2.05) is 13.0 Å². The van der Waals surface area contributed by atoms with Gasteiger partial charge in [-0.25, -0.2) is 9.29 Å². The lowest BCUT2D eigenvalue weighted by atomic mass is 10.0. The lowest BCUT2D eigenvalue weighted by molar-refractivity contribution is -0.120. The smallest absolute Gasteiger partial charge is 0.282 e. The molecule has 6 heteroatoms. The summed E-state index contributed by atoms with van der Waals surface area (Å²) in [6.45, 7) is 1.89. The van der Waals surface area contributed by atoms with Crippen molar-refractivity contribution in [3.8, 4) is 5.75 Å². The summed E-state index contributed by atoms with van der Waals surface area (Å²) in [5.74, 6) is -0.763. The normalized spacial score (nSPS) is 13.8. The van der Waals surface area contributed by atoms with Crippen LogP contribution >= 0.6 is 0 Å². The summed E-state index contributed by atoms with van der Waals surface area (Å²) in [4.78, 5) is 27.8. The van der Waals surface area contributed by atoms with Gasteiger partial charge in [0.25, 0.3) is 11.8 Å². The van der Waals surface area contributed by atoms with E-state index in [1.54, 1.807) is 55.6 Å². The van der Waals surface area contributed by atoms with E-state index in [-0.39, 0.29) is 11.3 Å². The fourth-order valence-electron chi connectivity index (χ4n) is 3.38. The van der Waals surface area contributed by atoms with Crippen molar-refractivity contribution in [2.45, 2.75) is 6.92 Å². The van der Waals surface area contributed by atoms with Crippen LogP contribution < -0.4 is 15.0 Å². The number of imide groups is 1. The van der Waals surface area contributed by atoms with Gasteiger partial charge in [0, 0.05) is 5.69 Å². The van der Waals surface area contributed by atoms with Crippen LogP contribution in [0.15, 0.2) is 78.5 Å². The van der Waals surface area contributed by atoms with Crippen molar-refractivity contribution in [1.82, 2.24) is 0 Å². The van der Waals surface area contributed by atoms with E-state index in [4.69, 9.17) is 4.74 Å². The van der Waals surface area contributed by atoms with Crippen molar-refractivity contribution >= 4 is 28.8 Å². The van der Waals surface area contributed by atoms with Crippen molar-refractivity contribution in [2.75, 3.05) is 17.3 Å². The van der Waals surface area contributed by atoms with Gasteiger partial charge in [-0.05, 0) is 60.5 Å². The first-order valence-corrected chi connectivity index (χ1v) is 9.34. The average Bonchev–Trinajstić information content (AvgIpc) is 2.97. The summed E-state index contributed by atoms with van der Waals surface area (Å²) >= 11 is 0. The van der Waals surface area contributed by atoms with Gasteiger partial charge in [0.1, 0.15) is 17.3 Å². The number of nitrogens with zero attached hydrogens (tertiary/aromatic N) is 1. The maximum absolute atomic E-state index is 13.7. The number of aryl methyl sites for hydroxylation is 1. The molecule has 0 saturated carbocycles. The van der Waals surface area contributed by atoms with E-state index in [0.717, 1.165) is 10.5 Å². The fraction of sp³-hybridized carbons (Fsp3) is 0.0833. The number of halogens is 1. The zero-order valence-corrected chi connectivity index (χ0v) is 16.5. The molecule has 4 rings (SSSR count). The minimum Gasteiger partial charge on any atom is -0.497 e. The van der Waals surface area contributed by atoms with Crippen LogP contribution in [0.5, 0.6) is 5.75 Å². The molecule has 0 fully saturated rings. The van der Waals surface area contributed by atoms with Crippen LogP contribution in [0, 0.1) is 12.7 Å². The van der Waals surface area contributed by atoms with Gasteiger partial charge in [-0.15, -0.1) is 0 Å². The van der Waals surface area contributed by atoms with Crippen molar-refractivity contribution in [1.29, 1.82) is 0 Å². The molecule has 150 valence electrons. The van der Waals surface area contributed by atoms with Gasteiger partial charge in [0.2, 0.25) is 0 Å². The van der Waals surface area contributed by atoms with E-state index in [2.05, 4.69) is 5.32 Å². The molecule has 1 N–H and O–H groups in total. The number of rotatable bonds is 5. The summed E-state index contributed by atoms with van der Waals surface area (Å²) in [5, 5.41) is 2.95. The molecule has 1 aliphatic rings. The van der Waals surface area contributed by atoms with Gasteiger partial charge < -0.3 is 10.1 Å².